The normalized spacial score (nSPS) is 32.8. The van der Waals surface area contributed by atoms with Gasteiger partial charge in [0.05, 0.1) is 6.54 Å². The second-order valence-electron chi connectivity index (χ2n) is 8.98. The van der Waals surface area contributed by atoms with Crippen molar-refractivity contribution >= 4 is 5.78 Å². The van der Waals surface area contributed by atoms with Crippen LogP contribution in [0.15, 0.2) is 0 Å². The maximum atomic E-state index is 11.9. The Hall–Kier alpha value is -0.450. The number of hydrogen-bond donors (Lipinski definition) is 0. The van der Waals surface area contributed by atoms with Gasteiger partial charge in [0.25, 0.3) is 0 Å². The Bertz CT molecular complexity index is 429. The van der Waals surface area contributed by atoms with E-state index < -0.39 is 0 Å². The summed E-state index contributed by atoms with van der Waals surface area (Å²) in [6.07, 6.45) is 4.28. The summed E-state index contributed by atoms with van der Waals surface area (Å²) < 4.78 is 0. The number of carbonyl (C=O) groups excluding carboxylic acids is 1. The number of hydrogen-bond acceptors (Lipinski definition) is 4. The van der Waals surface area contributed by atoms with Gasteiger partial charge >= 0.3 is 0 Å². The first-order valence-electron chi connectivity index (χ1n) is 10.2. The lowest BCUT2D eigenvalue weighted by Gasteiger charge is -2.52. The van der Waals surface area contributed by atoms with Gasteiger partial charge in [-0.25, -0.2) is 0 Å². The smallest absolute Gasteiger partial charge is 0.149 e. The molecule has 2 bridgehead atoms. The van der Waals surface area contributed by atoms with Gasteiger partial charge in [-0.1, -0.05) is 13.8 Å². The summed E-state index contributed by atoms with van der Waals surface area (Å²) in [5.74, 6) is 2.38. The van der Waals surface area contributed by atoms with Crippen LogP contribution in [0.2, 0.25) is 0 Å². The molecule has 4 heteroatoms. The molecule has 24 heavy (non-hydrogen) atoms. The van der Waals surface area contributed by atoms with Crippen LogP contribution < -0.4 is 0 Å². The van der Waals surface area contributed by atoms with E-state index in [1.54, 1.807) is 0 Å². The van der Waals surface area contributed by atoms with Gasteiger partial charge in [-0.2, -0.15) is 0 Å². The number of piperidine rings is 2. The van der Waals surface area contributed by atoms with E-state index >= 15 is 0 Å². The van der Waals surface area contributed by atoms with Gasteiger partial charge in [0.1, 0.15) is 5.78 Å². The predicted octanol–water partition coefficient (Wildman–Crippen LogP) is 2.34. The maximum Gasteiger partial charge on any atom is 0.149 e. The SMILES string of the molecule is CC(C)C(=O)CN1CCN(C[C@H]2C[C@H]3CC[C@@H]2CN3C(C)C)CC1. The average Bonchev–Trinajstić information content (AvgIpc) is 2.57. The minimum Gasteiger partial charge on any atom is -0.301 e. The molecule has 1 aliphatic carbocycles. The summed E-state index contributed by atoms with van der Waals surface area (Å²) in [7, 11) is 0. The molecule has 0 N–H and O–H groups in total. The molecule has 0 radical (unpaired) electrons. The van der Waals surface area contributed by atoms with Gasteiger partial charge in [0.15, 0.2) is 0 Å². The van der Waals surface area contributed by atoms with Gasteiger partial charge < -0.3 is 4.90 Å². The fourth-order valence-corrected chi connectivity index (χ4v) is 4.98. The van der Waals surface area contributed by atoms with Crippen molar-refractivity contribution in [2.45, 2.75) is 59.0 Å². The lowest BCUT2D eigenvalue weighted by molar-refractivity contribution is -0.123. The molecule has 138 valence electrons. The molecular weight excluding hydrogens is 298 g/mol. The van der Waals surface area contributed by atoms with Gasteiger partial charge in [0, 0.05) is 57.3 Å². The van der Waals surface area contributed by atoms with Gasteiger partial charge in [-0.15, -0.1) is 0 Å². The molecular formula is C20H37N3O. The van der Waals surface area contributed by atoms with E-state index in [0.717, 1.165) is 44.1 Å². The van der Waals surface area contributed by atoms with Crippen LogP contribution in [0.3, 0.4) is 0 Å². The zero-order valence-electron chi connectivity index (χ0n) is 16.2. The number of fused-ring (bicyclic) bond motifs is 3. The first kappa shape index (κ1) is 18.3. The van der Waals surface area contributed by atoms with Crippen molar-refractivity contribution in [1.29, 1.82) is 0 Å². The molecule has 3 heterocycles. The van der Waals surface area contributed by atoms with Crippen molar-refractivity contribution in [1.82, 2.24) is 14.7 Å². The molecule has 0 amide bonds. The molecule has 0 aromatic carbocycles. The third-order valence-corrected chi connectivity index (χ3v) is 6.67. The lowest BCUT2D eigenvalue weighted by atomic mass is 9.71. The van der Waals surface area contributed by atoms with E-state index in [1.165, 1.54) is 32.4 Å². The number of rotatable bonds is 6. The minimum absolute atomic E-state index is 0.171. The maximum absolute atomic E-state index is 11.9. The Balaban J connectivity index is 1.43. The third-order valence-electron chi connectivity index (χ3n) is 6.67. The number of Topliss-reactive ketones (excluding diaryl/α,β-unsaturated/α-hetero) is 1. The molecule has 4 rings (SSSR count). The van der Waals surface area contributed by atoms with Crippen LogP contribution in [-0.2, 0) is 4.79 Å². The van der Waals surface area contributed by atoms with Crippen LogP contribution in [0.4, 0.5) is 0 Å². The number of carbonyl (C=O) groups is 1. The second kappa shape index (κ2) is 7.84. The molecule has 0 aromatic heterocycles. The Kier molecular flexibility index (Phi) is 5.99. The summed E-state index contributed by atoms with van der Waals surface area (Å²) in [4.78, 5) is 19.7. The standard InChI is InChI=1S/C20H37N3O/c1-15(2)20(24)14-22-9-7-21(8-10-22)12-18-11-19-6-5-17(18)13-23(19)16(3)4/h15-19H,5-14H2,1-4H3/t17-,18-,19-/m1/s1. The molecule has 4 nitrogen and oxygen atoms in total. The lowest BCUT2D eigenvalue weighted by Crippen LogP contribution is -2.57. The largest absolute Gasteiger partial charge is 0.301 e. The summed E-state index contributed by atoms with van der Waals surface area (Å²) in [5.41, 5.74) is 0. The Morgan fingerprint density at radius 1 is 1.00 bits per heavy atom. The molecule has 3 aliphatic heterocycles. The van der Waals surface area contributed by atoms with Crippen molar-refractivity contribution in [3.05, 3.63) is 0 Å². The number of nitrogens with zero attached hydrogens (tertiary/aromatic N) is 3. The van der Waals surface area contributed by atoms with Crippen molar-refractivity contribution in [3.63, 3.8) is 0 Å². The molecule has 4 fully saturated rings. The van der Waals surface area contributed by atoms with Crippen LogP contribution in [0.25, 0.3) is 0 Å². The first-order valence-corrected chi connectivity index (χ1v) is 10.2. The molecule has 0 unspecified atom stereocenters. The molecule has 4 aliphatic rings. The van der Waals surface area contributed by atoms with E-state index in [9.17, 15) is 4.79 Å². The van der Waals surface area contributed by atoms with Crippen molar-refractivity contribution in [3.8, 4) is 0 Å². The van der Waals surface area contributed by atoms with Crippen LogP contribution >= 0.6 is 0 Å². The zero-order chi connectivity index (χ0) is 17.3. The summed E-state index contributed by atoms with van der Waals surface area (Å²) >= 11 is 0. The molecule has 3 atom stereocenters. The van der Waals surface area contributed by atoms with Crippen LogP contribution in [0.5, 0.6) is 0 Å². The molecule has 3 saturated heterocycles. The van der Waals surface area contributed by atoms with Crippen LogP contribution in [-0.4, -0.2) is 78.4 Å². The van der Waals surface area contributed by atoms with Crippen LogP contribution in [0.1, 0.15) is 47.0 Å². The Morgan fingerprint density at radius 2 is 1.67 bits per heavy atom. The van der Waals surface area contributed by atoms with Gasteiger partial charge in [0.2, 0.25) is 0 Å². The van der Waals surface area contributed by atoms with E-state index in [0.29, 0.717) is 18.4 Å². The van der Waals surface area contributed by atoms with Crippen molar-refractivity contribution < 1.29 is 4.79 Å². The fourth-order valence-electron chi connectivity index (χ4n) is 4.98. The highest BCUT2D eigenvalue weighted by Gasteiger charge is 2.41. The third kappa shape index (κ3) is 4.20. The number of ketones is 1. The van der Waals surface area contributed by atoms with E-state index in [1.807, 2.05) is 13.8 Å². The monoisotopic (exact) mass is 335 g/mol. The van der Waals surface area contributed by atoms with Gasteiger partial charge in [-0.3, -0.25) is 14.6 Å². The highest BCUT2D eigenvalue weighted by molar-refractivity contribution is 5.82. The molecule has 0 aromatic rings. The fraction of sp³-hybridized carbons (Fsp3) is 0.950. The highest BCUT2D eigenvalue weighted by Crippen LogP contribution is 2.40. The van der Waals surface area contributed by atoms with E-state index in [-0.39, 0.29) is 5.92 Å². The van der Waals surface area contributed by atoms with Crippen molar-refractivity contribution in [2.75, 3.05) is 45.8 Å². The summed E-state index contributed by atoms with van der Waals surface area (Å²) in [6.45, 7) is 16.4. The zero-order valence-corrected chi connectivity index (χ0v) is 16.2. The summed E-state index contributed by atoms with van der Waals surface area (Å²) in [6, 6.07) is 1.55. The Morgan fingerprint density at radius 3 is 2.21 bits per heavy atom. The quantitative estimate of drug-likeness (QED) is 0.744. The van der Waals surface area contributed by atoms with E-state index in [4.69, 9.17) is 0 Å². The first-order chi connectivity index (χ1) is 11.4. The Labute approximate surface area is 148 Å². The predicted molar refractivity (Wildman–Crippen MR) is 99.2 cm³/mol. The highest BCUT2D eigenvalue weighted by atomic mass is 16.1. The summed E-state index contributed by atoms with van der Waals surface area (Å²) in [5, 5.41) is 0. The average molecular weight is 336 g/mol. The topological polar surface area (TPSA) is 26.8 Å². The molecule has 0 spiro atoms. The minimum atomic E-state index is 0.171. The van der Waals surface area contributed by atoms with Crippen molar-refractivity contribution in [2.24, 2.45) is 17.8 Å². The second-order valence-corrected chi connectivity index (χ2v) is 8.98. The molecule has 1 saturated carbocycles. The van der Waals surface area contributed by atoms with Gasteiger partial charge in [-0.05, 0) is 44.9 Å². The van der Waals surface area contributed by atoms with E-state index in [2.05, 4.69) is 28.5 Å². The number of piperazine rings is 1. The van der Waals surface area contributed by atoms with Crippen LogP contribution in [0, 0.1) is 17.8 Å².